The van der Waals surface area contributed by atoms with Crippen LogP contribution in [0.2, 0.25) is 0 Å². The molecule has 0 fully saturated rings. The molecule has 13 heavy (non-hydrogen) atoms. The Balaban J connectivity index is 2.59. The number of carbonyl (C=O) groups is 1. The van der Waals surface area contributed by atoms with Gasteiger partial charge >= 0.3 is 5.97 Å². The van der Waals surface area contributed by atoms with Crippen molar-refractivity contribution in [1.29, 1.82) is 0 Å². The van der Waals surface area contributed by atoms with Gasteiger partial charge in [-0.2, -0.15) is 0 Å². The average Bonchev–Trinajstić information content (AvgIpc) is 2.07. The van der Waals surface area contributed by atoms with Crippen molar-refractivity contribution in [2.45, 2.75) is 10.4 Å². The molecule has 0 aromatic rings. The van der Waals surface area contributed by atoms with Crippen LogP contribution in [0.4, 0.5) is 0 Å². The van der Waals surface area contributed by atoms with Gasteiger partial charge in [-0.25, -0.2) is 4.79 Å². The van der Waals surface area contributed by atoms with Crippen molar-refractivity contribution in [2.24, 2.45) is 0 Å². The minimum atomic E-state index is -1.24. The Labute approximate surface area is 85.6 Å². The second kappa shape index (κ2) is 4.13. The lowest BCUT2D eigenvalue weighted by atomic mass is 10.1. The fraction of sp³-hybridized carbons (Fsp3) is 0.375. The minimum absolute atomic E-state index is 0.467. The molecule has 2 unspecified atom stereocenters. The third-order valence-electron chi connectivity index (χ3n) is 1.51. The maximum atomic E-state index is 10.2. The van der Waals surface area contributed by atoms with Crippen LogP contribution >= 0.6 is 23.2 Å². The summed E-state index contributed by atoms with van der Waals surface area (Å²) in [6, 6.07) is 0. The lowest BCUT2D eigenvalue weighted by Gasteiger charge is -2.27. The van der Waals surface area contributed by atoms with E-state index in [2.05, 4.69) is 0 Å². The van der Waals surface area contributed by atoms with Crippen LogP contribution in [-0.4, -0.2) is 28.1 Å². The van der Waals surface area contributed by atoms with Crippen molar-refractivity contribution in [3.8, 4) is 0 Å². The van der Waals surface area contributed by atoms with E-state index in [1.165, 1.54) is 6.08 Å². The zero-order valence-corrected chi connectivity index (χ0v) is 8.13. The molecule has 0 saturated carbocycles. The first-order valence-corrected chi connectivity index (χ1v) is 4.41. The molecule has 3 nitrogen and oxygen atoms in total. The van der Waals surface area contributed by atoms with Crippen LogP contribution in [0.15, 0.2) is 24.3 Å². The Hall–Kier alpha value is -0.510. The van der Waals surface area contributed by atoms with E-state index in [4.69, 9.17) is 33.0 Å². The Morgan fingerprint density at radius 1 is 1.62 bits per heavy atom. The van der Waals surface area contributed by atoms with Crippen LogP contribution < -0.4 is 0 Å². The van der Waals surface area contributed by atoms with Crippen LogP contribution in [0.5, 0.6) is 0 Å². The van der Waals surface area contributed by atoms with Crippen molar-refractivity contribution in [1.82, 2.24) is 0 Å². The normalized spacial score (nSPS) is 32.0. The van der Waals surface area contributed by atoms with Gasteiger partial charge in [-0.15, -0.1) is 11.6 Å². The summed E-state index contributed by atoms with van der Waals surface area (Å²) in [4.78, 5) is 10.2. The molecular formula is C8H8Cl2O3. The number of allylic oxidation sites excluding steroid dienone is 2. The fourth-order valence-corrected chi connectivity index (χ4v) is 1.29. The van der Waals surface area contributed by atoms with E-state index < -0.39 is 23.0 Å². The predicted molar refractivity (Wildman–Crippen MR) is 50.1 cm³/mol. The lowest BCUT2D eigenvalue weighted by Crippen LogP contribution is -2.35. The summed E-state index contributed by atoms with van der Waals surface area (Å²) < 4.78 is 4.94. The fourth-order valence-electron chi connectivity index (χ4n) is 0.872. The third-order valence-corrected chi connectivity index (χ3v) is 2.56. The van der Waals surface area contributed by atoms with Crippen LogP contribution in [0.1, 0.15) is 0 Å². The number of rotatable bonds is 3. The summed E-state index contributed by atoms with van der Waals surface area (Å²) in [7, 11) is 0. The van der Waals surface area contributed by atoms with Gasteiger partial charge in [0.25, 0.3) is 0 Å². The van der Waals surface area contributed by atoms with Gasteiger partial charge in [0.2, 0.25) is 0 Å². The number of halogens is 2. The van der Waals surface area contributed by atoms with E-state index in [1.807, 2.05) is 0 Å². The lowest BCUT2D eigenvalue weighted by molar-refractivity contribution is -0.144. The number of aliphatic carboxylic acids is 1. The number of hydrogen-bond acceptors (Lipinski definition) is 2. The number of hydrogen-bond donors (Lipinski definition) is 1. The SMILES string of the molecule is O=C(O)COC1(Cl)C=CC=CC1Cl. The molecule has 0 amide bonds. The molecule has 0 bridgehead atoms. The van der Waals surface area contributed by atoms with Crippen LogP contribution in [0.3, 0.4) is 0 Å². The van der Waals surface area contributed by atoms with Gasteiger partial charge in [0.15, 0.2) is 5.06 Å². The topological polar surface area (TPSA) is 46.5 Å². The van der Waals surface area contributed by atoms with Gasteiger partial charge in [-0.05, 0) is 6.08 Å². The van der Waals surface area contributed by atoms with E-state index in [9.17, 15) is 4.79 Å². The van der Waals surface area contributed by atoms with Crippen LogP contribution in [0.25, 0.3) is 0 Å². The summed E-state index contributed by atoms with van der Waals surface area (Å²) in [5.74, 6) is -1.08. The minimum Gasteiger partial charge on any atom is -0.480 e. The van der Waals surface area contributed by atoms with E-state index in [0.717, 1.165) is 0 Å². The molecule has 5 heteroatoms. The second-order valence-corrected chi connectivity index (χ2v) is 3.59. The van der Waals surface area contributed by atoms with Gasteiger partial charge in [0.05, 0.1) is 5.38 Å². The number of alkyl halides is 2. The Morgan fingerprint density at radius 3 is 2.85 bits per heavy atom. The molecule has 0 aromatic heterocycles. The van der Waals surface area contributed by atoms with Crippen molar-refractivity contribution in [3.05, 3.63) is 24.3 Å². The quantitative estimate of drug-likeness (QED) is 0.741. The van der Waals surface area contributed by atoms with Gasteiger partial charge in [0, 0.05) is 0 Å². The number of carboxylic acids is 1. The highest BCUT2D eigenvalue weighted by Crippen LogP contribution is 2.31. The largest absolute Gasteiger partial charge is 0.480 e. The van der Waals surface area contributed by atoms with Crippen molar-refractivity contribution in [3.63, 3.8) is 0 Å². The highest BCUT2D eigenvalue weighted by molar-refractivity contribution is 6.33. The van der Waals surface area contributed by atoms with Gasteiger partial charge in [-0.3, -0.25) is 0 Å². The highest BCUT2D eigenvalue weighted by Gasteiger charge is 2.34. The molecule has 72 valence electrons. The van der Waals surface area contributed by atoms with Crippen molar-refractivity contribution in [2.75, 3.05) is 6.61 Å². The molecule has 1 aliphatic rings. The molecule has 0 aliphatic heterocycles. The molecular weight excluding hydrogens is 215 g/mol. The first-order chi connectivity index (χ1) is 6.04. The first kappa shape index (κ1) is 10.6. The molecule has 1 rings (SSSR count). The van der Waals surface area contributed by atoms with Crippen LogP contribution in [-0.2, 0) is 9.53 Å². The first-order valence-electron chi connectivity index (χ1n) is 3.59. The van der Waals surface area contributed by atoms with Crippen molar-refractivity contribution >= 4 is 29.2 Å². The molecule has 1 aliphatic carbocycles. The summed E-state index contributed by atoms with van der Waals surface area (Å²) in [5.41, 5.74) is 0. The molecule has 0 heterocycles. The monoisotopic (exact) mass is 222 g/mol. The van der Waals surface area contributed by atoms with E-state index >= 15 is 0 Å². The molecule has 0 radical (unpaired) electrons. The summed E-state index contributed by atoms with van der Waals surface area (Å²) in [5, 5.41) is 6.58. The highest BCUT2D eigenvalue weighted by atomic mass is 35.5. The zero-order valence-electron chi connectivity index (χ0n) is 6.61. The van der Waals surface area contributed by atoms with E-state index in [-0.39, 0.29) is 0 Å². The maximum absolute atomic E-state index is 10.2. The zero-order chi connectivity index (χ0) is 9.90. The molecule has 1 N–H and O–H groups in total. The smallest absolute Gasteiger partial charge is 0.329 e. The van der Waals surface area contributed by atoms with Crippen molar-refractivity contribution < 1.29 is 14.6 Å². The average molecular weight is 223 g/mol. The Bertz CT molecular complexity index is 262. The predicted octanol–water partition coefficient (Wildman–Crippen LogP) is 1.76. The Morgan fingerprint density at radius 2 is 2.31 bits per heavy atom. The third kappa shape index (κ3) is 2.72. The van der Waals surface area contributed by atoms with Crippen LogP contribution in [0, 0.1) is 0 Å². The van der Waals surface area contributed by atoms with E-state index in [1.54, 1.807) is 18.2 Å². The van der Waals surface area contributed by atoms with Gasteiger partial charge in [-0.1, -0.05) is 29.8 Å². The molecule has 0 saturated heterocycles. The standard InChI is InChI=1S/C8H8Cl2O3/c9-6-3-1-2-4-8(6,10)13-5-7(11)12/h1-4,6H,5H2,(H,11,12). The Kier molecular flexibility index (Phi) is 3.36. The van der Waals surface area contributed by atoms with Gasteiger partial charge in [0.1, 0.15) is 6.61 Å². The molecule has 0 aromatic carbocycles. The molecule has 2 atom stereocenters. The van der Waals surface area contributed by atoms with Gasteiger partial charge < -0.3 is 9.84 Å². The number of carboxylic acid groups (broad SMARTS) is 1. The van der Waals surface area contributed by atoms with E-state index in [0.29, 0.717) is 0 Å². The second-order valence-electron chi connectivity index (χ2n) is 2.53. The molecule has 0 spiro atoms. The summed E-state index contributed by atoms with van der Waals surface area (Å²) in [6.45, 7) is -0.467. The number of ether oxygens (including phenoxy) is 1. The summed E-state index contributed by atoms with van der Waals surface area (Å²) in [6.07, 6.45) is 6.54. The summed E-state index contributed by atoms with van der Waals surface area (Å²) >= 11 is 11.7. The maximum Gasteiger partial charge on any atom is 0.329 e.